The first-order valence-corrected chi connectivity index (χ1v) is 10.7. The quantitative estimate of drug-likeness (QED) is 0.327. The molecule has 0 unspecified atom stereocenters. The molecule has 2 heterocycles. The van der Waals surface area contributed by atoms with Crippen LogP contribution in [0.1, 0.15) is 41.4 Å². The Kier molecular flexibility index (Phi) is 5.63. The third-order valence-corrected chi connectivity index (χ3v) is 6.18. The Morgan fingerprint density at radius 1 is 1.17 bits per heavy atom. The highest BCUT2D eigenvalue weighted by Crippen LogP contribution is 2.35. The number of para-hydroxylation sites is 1. The Hall–Kier alpha value is -2.34. The molecule has 29 heavy (non-hydrogen) atoms. The van der Waals surface area contributed by atoms with Crippen LogP contribution in [0.3, 0.4) is 0 Å². The summed E-state index contributed by atoms with van der Waals surface area (Å²) in [6.07, 6.45) is 1.59. The van der Waals surface area contributed by atoms with Gasteiger partial charge in [-0.05, 0) is 47.9 Å². The largest absolute Gasteiger partial charge is 0.467 e. The molecule has 0 aliphatic carbocycles. The van der Waals surface area contributed by atoms with Crippen molar-refractivity contribution in [2.45, 2.75) is 26.3 Å². The molecule has 4 aromatic rings. The average molecular weight is 445 g/mol. The molecule has 0 saturated heterocycles. The fourth-order valence-corrected chi connectivity index (χ4v) is 4.62. The van der Waals surface area contributed by atoms with E-state index in [1.165, 1.54) is 11.3 Å². The van der Waals surface area contributed by atoms with Gasteiger partial charge in [-0.3, -0.25) is 9.69 Å². The van der Waals surface area contributed by atoms with Crippen molar-refractivity contribution in [3.8, 4) is 0 Å². The third kappa shape index (κ3) is 4.04. The van der Waals surface area contributed by atoms with Crippen LogP contribution in [-0.4, -0.2) is 10.9 Å². The number of rotatable bonds is 5. The van der Waals surface area contributed by atoms with Crippen LogP contribution < -0.4 is 4.90 Å². The summed E-state index contributed by atoms with van der Waals surface area (Å²) in [6, 6.07) is 14.6. The highest BCUT2D eigenvalue weighted by Gasteiger charge is 2.25. The number of nitrogens with zero attached hydrogens (tertiary/aromatic N) is 2. The number of carbonyl (C=O) groups excluding carboxylic acids is 1. The Morgan fingerprint density at radius 2 is 2.00 bits per heavy atom. The lowest BCUT2D eigenvalue weighted by molar-refractivity contribution is 0.0983. The van der Waals surface area contributed by atoms with Crippen molar-refractivity contribution in [2.24, 2.45) is 0 Å². The predicted molar refractivity (Wildman–Crippen MR) is 119 cm³/mol. The van der Waals surface area contributed by atoms with E-state index in [1.54, 1.807) is 35.4 Å². The third-order valence-electron chi connectivity index (χ3n) is 4.59. The molecule has 0 aliphatic heterocycles. The molecule has 0 spiro atoms. The van der Waals surface area contributed by atoms with Gasteiger partial charge in [0.05, 0.1) is 33.6 Å². The van der Waals surface area contributed by atoms with Crippen molar-refractivity contribution in [1.82, 2.24) is 4.98 Å². The molecule has 2 aromatic carbocycles. The van der Waals surface area contributed by atoms with Gasteiger partial charge in [-0.2, -0.15) is 0 Å². The lowest BCUT2D eigenvalue weighted by Gasteiger charge is -2.19. The van der Waals surface area contributed by atoms with Gasteiger partial charge in [0, 0.05) is 5.02 Å². The topological polar surface area (TPSA) is 46.3 Å². The van der Waals surface area contributed by atoms with E-state index in [2.05, 4.69) is 19.9 Å². The highest BCUT2D eigenvalue weighted by atomic mass is 35.5. The number of carbonyl (C=O) groups is 1. The van der Waals surface area contributed by atoms with Crippen LogP contribution in [0.5, 0.6) is 0 Å². The van der Waals surface area contributed by atoms with Crippen molar-refractivity contribution in [3.63, 3.8) is 0 Å². The van der Waals surface area contributed by atoms with Gasteiger partial charge in [0.1, 0.15) is 5.76 Å². The number of anilines is 1. The zero-order valence-corrected chi connectivity index (χ0v) is 18.2. The molecule has 0 bridgehead atoms. The molecule has 4 rings (SSSR count). The van der Waals surface area contributed by atoms with E-state index >= 15 is 0 Å². The van der Waals surface area contributed by atoms with E-state index < -0.39 is 0 Å². The van der Waals surface area contributed by atoms with Gasteiger partial charge < -0.3 is 4.42 Å². The molecule has 4 nitrogen and oxygen atoms in total. The zero-order chi connectivity index (χ0) is 20.5. The normalized spacial score (nSPS) is 11.3. The Labute approximate surface area is 182 Å². The van der Waals surface area contributed by atoms with E-state index in [0.717, 1.165) is 15.8 Å². The molecule has 0 aliphatic rings. The minimum absolute atomic E-state index is 0.252. The lowest BCUT2D eigenvalue weighted by atomic mass is 10.0. The molecule has 148 valence electrons. The van der Waals surface area contributed by atoms with E-state index in [0.29, 0.717) is 32.4 Å². The fourth-order valence-electron chi connectivity index (χ4n) is 3.13. The zero-order valence-electron chi connectivity index (χ0n) is 15.9. The summed E-state index contributed by atoms with van der Waals surface area (Å²) in [6.45, 7) is 4.52. The molecule has 1 amide bonds. The highest BCUT2D eigenvalue weighted by molar-refractivity contribution is 7.22. The van der Waals surface area contributed by atoms with Crippen LogP contribution in [-0.2, 0) is 6.54 Å². The molecule has 7 heteroatoms. The number of halogens is 2. The summed E-state index contributed by atoms with van der Waals surface area (Å²) >= 11 is 13.8. The molecular weight excluding hydrogens is 427 g/mol. The minimum Gasteiger partial charge on any atom is -0.467 e. The van der Waals surface area contributed by atoms with Crippen molar-refractivity contribution >= 4 is 55.8 Å². The van der Waals surface area contributed by atoms with Gasteiger partial charge in [0.25, 0.3) is 5.91 Å². The molecule has 2 aromatic heterocycles. The predicted octanol–water partition coefficient (Wildman–Crippen LogP) is 7.17. The number of aromatic nitrogens is 1. The van der Waals surface area contributed by atoms with Gasteiger partial charge in [0.15, 0.2) is 5.13 Å². The maximum absolute atomic E-state index is 13.4. The lowest BCUT2D eigenvalue weighted by Crippen LogP contribution is -2.30. The van der Waals surface area contributed by atoms with Crippen LogP contribution in [0.15, 0.2) is 59.2 Å². The molecule has 0 saturated carbocycles. The maximum Gasteiger partial charge on any atom is 0.262 e. The fraction of sp³-hybridized carbons (Fsp3) is 0.182. The standard InChI is InChI=1S/C22H18Cl2N2O2S/c1-13(2)16-6-3-7-19-20(16)25-22(29-19)26(12-15-5-4-10-28-15)21(27)17-9-8-14(23)11-18(17)24/h3-11,13H,12H2,1-2H3. The molecule has 0 fully saturated rings. The van der Waals surface area contributed by atoms with Crippen LogP contribution in [0, 0.1) is 0 Å². The summed E-state index contributed by atoms with van der Waals surface area (Å²) < 4.78 is 6.52. The number of thiazole rings is 1. The first-order chi connectivity index (χ1) is 13.9. The number of fused-ring (bicyclic) bond motifs is 1. The number of hydrogen-bond donors (Lipinski definition) is 0. The minimum atomic E-state index is -0.256. The Morgan fingerprint density at radius 3 is 2.69 bits per heavy atom. The SMILES string of the molecule is CC(C)c1cccc2sc(N(Cc3ccco3)C(=O)c3ccc(Cl)cc3Cl)nc12. The second kappa shape index (κ2) is 8.19. The monoisotopic (exact) mass is 444 g/mol. The van der Waals surface area contributed by atoms with Crippen LogP contribution >= 0.6 is 34.5 Å². The second-order valence-electron chi connectivity index (χ2n) is 6.94. The summed E-state index contributed by atoms with van der Waals surface area (Å²) in [5.74, 6) is 0.730. The summed E-state index contributed by atoms with van der Waals surface area (Å²) in [7, 11) is 0. The number of hydrogen-bond acceptors (Lipinski definition) is 4. The maximum atomic E-state index is 13.4. The number of furan rings is 1. The summed E-state index contributed by atoms with van der Waals surface area (Å²) in [5, 5.41) is 1.38. The Bertz CT molecular complexity index is 1170. The molecular formula is C22H18Cl2N2O2S. The van der Waals surface area contributed by atoms with Gasteiger partial charge in [-0.25, -0.2) is 4.98 Å². The summed E-state index contributed by atoms with van der Waals surface area (Å²) in [4.78, 5) is 19.8. The van der Waals surface area contributed by atoms with Crippen molar-refractivity contribution in [2.75, 3.05) is 4.90 Å². The summed E-state index contributed by atoms with van der Waals surface area (Å²) in [5.41, 5.74) is 2.44. The first kappa shape index (κ1) is 20.0. The van der Waals surface area contributed by atoms with Crippen LogP contribution in [0.25, 0.3) is 10.2 Å². The number of benzene rings is 2. The number of amides is 1. The second-order valence-corrected chi connectivity index (χ2v) is 8.79. The van der Waals surface area contributed by atoms with Gasteiger partial charge in [0.2, 0.25) is 0 Å². The van der Waals surface area contributed by atoms with E-state index in [1.807, 2.05) is 18.2 Å². The van der Waals surface area contributed by atoms with Crippen molar-refractivity contribution in [3.05, 3.63) is 81.7 Å². The van der Waals surface area contributed by atoms with Gasteiger partial charge in [-0.15, -0.1) is 0 Å². The van der Waals surface area contributed by atoms with Crippen molar-refractivity contribution < 1.29 is 9.21 Å². The smallest absolute Gasteiger partial charge is 0.262 e. The average Bonchev–Trinajstić information content (AvgIpc) is 3.34. The van der Waals surface area contributed by atoms with Crippen molar-refractivity contribution in [1.29, 1.82) is 0 Å². The van der Waals surface area contributed by atoms with Gasteiger partial charge in [-0.1, -0.05) is 60.5 Å². The van der Waals surface area contributed by atoms with E-state index in [9.17, 15) is 4.79 Å². The van der Waals surface area contributed by atoms with Crippen LogP contribution in [0.2, 0.25) is 10.0 Å². The van der Waals surface area contributed by atoms with Crippen LogP contribution in [0.4, 0.5) is 5.13 Å². The van der Waals surface area contributed by atoms with E-state index in [-0.39, 0.29) is 12.5 Å². The Balaban J connectivity index is 1.81. The molecule has 0 N–H and O–H groups in total. The molecule has 0 atom stereocenters. The first-order valence-electron chi connectivity index (χ1n) is 9.13. The van der Waals surface area contributed by atoms with E-state index in [4.69, 9.17) is 32.6 Å². The molecule has 0 radical (unpaired) electrons. The van der Waals surface area contributed by atoms with Gasteiger partial charge >= 0.3 is 0 Å².